The van der Waals surface area contributed by atoms with E-state index >= 15 is 0 Å². The molecular formula is C30H33N. The van der Waals surface area contributed by atoms with Gasteiger partial charge in [-0.25, -0.2) is 0 Å². The molecule has 0 saturated heterocycles. The minimum atomic E-state index is 0.893. The van der Waals surface area contributed by atoms with E-state index in [-0.39, 0.29) is 0 Å². The highest BCUT2D eigenvalue weighted by Crippen LogP contribution is 2.21. The first kappa shape index (κ1) is 22.5. The summed E-state index contributed by atoms with van der Waals surface area (Å²) in [6.45, 7) is 14.5. The molecule has 1 heteroatoms. The number of rotatable bonds is 12. The van der Waals surface area contributed by atoms with Crippen LogP contribution in [0.25, 0.3) is 0 Å². The second kappa shape index (κ2) is 11.9. The molecule has 0 saturated carbocycles. The first-order valence-electron chi connectivity index (χ1n) is 11.0. The van der Waals surface area contributed by atoms with Crippen molar-refractivity contribution < 1.29 is 0 Å². The van der Waals surface area contributed by atoms with Gasteiger partial charge in [0.05, 0.1) is 0 Å². The minimum Gasteiger partial charge on any atom is -0.291 e. The molecule has 0 aromatic heterocycles. The molecular weight excluding hydrogens is 374 g/mol. The van der Waals surface area contributed by atoms with E-state index in [2.05, 4.69) is 97.4 Å². The van der Waals surface area contributed by atoms with Crippen LogP contribution in [0.2, 0.25) is 0 Å². The van der Waals surface area contributed by atoms with Gasteiger partial charge in [-0.15, -0.1) is 19.7 Å². The Morgan fingerprint density at radius 3 is 0.968 bits per heavy atom. The highest BCUT2D eigenvalue weighted by Gasteiger charge is 2.14. The molecule has 0 aliphatic rings. The Hall–Kier alpha value is -3.16. The molecule has 0 bridgehead atoms. The zero-order valence-corrected chi connectivity index (χ0v) is 18.5. The lowest BCUT2D eigenvalue weighted by atomic mass is 10.00. The third-order valence-electron chi connectivity index (χ3n) is 5.63. The molecule has 3 aromatic rings. The van der Waals surface area contributed by atoms with E-state index in [0.29, 0.717) is 0 Å². The summed E-state index contributed by atoms with van der Waals surface area (Å²) < 4.78 is 0. The van der Waals surface area contributed by atoms with E-state index in [4.69, 9.17) is 0 Å². The maximum atomic E-state index is 3.94. The van der Waals surface area contributed by atoms with Crippen molar-refractivity contribution in [1.29, 1.82) is 0 Å². The number of hydrogen-bond acceptors (Lipinski definition) is 1. The molecule has 0 atom stereocenters. The van der Waals surface area contributed by atoms with Crippen LogP contribution in [0.5, 0.6) is 0 Å². The number of benzene rings is 3. The van der Waals surface area contributed by atoms with Crippen molar-refractivity contribution in [3.05, 3.63) is 144 Å². The average molecular weight is 408 g/mol. The normalized spacial score (nSPS) is 10.7. The number of allylic oxidation sites excluding steroid dienone is 3. The summed E-state index contributed by atoms with van der Waals surface area (Å²) in [7, 11) is 0. The monoisotopic (exact) mass is 407 g/mol. The Labute approximate surface area is 188 Å². The molecule has 0 unspecified atom stereocenters. The molecule has 0 spiro atoms. The molecule has 31 heavy (non-hydrogen) atoms. The highest BCUT2D eigenvalue weighted by molar-refractivity contribution is 5.32. The van der Waals surface area contributed by atoms with Gasteiger partial charge in [0, 0.05) is 19.6 Å². The lowest BCUT2D eigenvalue weighted by Gasteiger charge is -2.26. The summed E-state index contributed by atoms with van der Waals surface area (Å²) in [6, 6.07) is 26.1. The first-order valence-corrected chi connectivity index (χ1v) is 11.0. The van der Waals surface area contributed by atoms with Crippen LogP contribution in [0.15, 0.2) is 111 Å². The van der Waals surface area contributed by atoms with Gasteiger partial charge in [-0.3, -0.25) is 4.90 Å². The Balaban J connectivity index is 1.93. The largest absolute Gasteiger partial charge is 0.291 e. The third kappa shape index (κ3) is 6.41. The van der Waals surface area contributed by atoms with Crippen molar-refractivity contribution in [3.63, 3.8) is 0 Å². The van der Waals surface area contributed by atoms with Crippen LogP contribution < -0.4 is 0 Å². The van der Waals surface area contributed by atoms with E-state index in [1.165, 1.54) is 33.4 Å². The molecule has 0 aliphatic carbocycles. The van der Waals surface area contributed by atoms with Crippen molar-refractivity contribution in [2.45, 2.75) is 38.9 Å². The van der Waals surface area contributed by atoms with Gasteiger partial charge in [0.1, 0.15) is 0 Å². The second-order valence-corrected chi connectivity index (χ2v) is 7.93. The fourth-order valence-corrected chi connectivity index (χ4v) is 4.09. The Bertz CT molecular complexity index is 882. The van der Waals surface area contributed by atoms with Crippen LogP contribution in [0.4, 0.5) is 0 Å². The standard InChI is InChI=1S/C30H33N/c1-4-13-25-16-7-10-19-28(25)22-31(23-29-20-11-8-17-26(29)14-5-2)24-30-21-12-9-18-27(30)15-6-3/h4-12,16-21H,1-3,13-15,22-24H2. The van der Waals surface area contributed by atoms with Crippen molar-refractivity contribution in [2.75, 3.05) is 0 Å². The van der Waals surface area contributed by atoms with Crippen LogP contribution in [-0.2, 0) is 38.9 Å². The quantitative estimate of drug-likeness (QED) is 0.290. The first-order chi connectivity index (χ1) is 15.2. The minimum absolute atomic E-state index is 0.893. The number of nitrogens with zero attached hydrogens (tertiary/aromatic N) is 1. The van der Waals surface area contributed by atoms with Gasteiger partial charge in [-0.2, -0.15) is 0 Å². The molecule has 3 aromatic carbocycles. The van der Waals surface area contributed by atoms with Gasteiger partial charge >= 0.3 is 0 Å². The van der Waals surface area contributed by atoms with Gasteiger partial charge in [0.25, 0.3) is 0 Å². The van der Waals surface area contributed by atoms with Crippen LogP contribution in [0.1, 0.15) is 33.4 Å². The van der Waals surface area contributed by atoms with Gasteiger partial charge in [-0.1, -0.05) is 91.0 Å². The van der Waals surface area contributed by atoms with E-state index < -0.39 is 0 Å². The van der Waals surface area contributed by atoms with Crippen LogP contribution in [0, 0.1) is 0 Å². The fraction of sp³-hybridized carbons (Fsp3) is 0.200. The van der Waals surface area contributed by atoms with Gasteiger partial charge in [-0.05, 0) is 52.6 Å². The fourth-order valence-electron chi connectivity index (χ4n) is 4.09. The molecule has 3 rings (SSSR count). The van der Waals surface area contributed by atoms with Crippen molar-refractivity contribution in [3.8, 4) is 0 Å². The SMILES string of the molecule is C=CCc1ccccc1CN(Cc1ccccc1CC=C)Cc1ccccc1CC=C. The molecule has 158 valence electrons. The lowest BCUT2D eigenvalue weighted by molar-refractivity contribution is 0.246. The molecule has 0 amide bonds. The summed E-state index contributed by atoms with van der Waals surface area (Å²) in [5, 5.41) is 0. The zero-order valence-electron chi connectivity index (χ0n) is 18.5. The predicted molar refractivity (Wildman–Crippen MR) is 134 cm³/mol. The Morgan fingerprint density at radius 1 is 0.452 bits per heavy atom. The van der Waals surface area contributed by atoms with Gasteiger partial charge < -0.3 is 0 Å². The molecule has 0 aliphatic heterocycles. The molecule has 0 radical (unpaired) electrons. The zero-order chi connectivity index (χ0) is 21.9. The van der Waals surface area contributed by atoms with Crippen LogP contribution in [0.3, 0.4) is 0 Å². The van der Waals surface area contributed by atoms with Gasteiger partial charge in [0.2, 0.25) is 0 Å². The van der Waals surface area contributed by atoms with E-state index in [9.17, 15) is 0 Å². The summed E-state index contributed by atoms with van der Waals surface area (Å²) in [4.78, 5) is 2.55. The smallest absolute Gasteiger partial charge is 0.0243 e. The summed E-state index contributed by atoms with van der Waals surface area (Å²) >= 11 is 0. The average Bonchev–Trinajstić information content (AvgIpc) is 2.78. The second-order valence-electron chi connectivity index (χ2n) is 7.93. The van der Waals surface area contributed by atoms with E-state index in [1.54, 1.807) is 0 Å². The third-order valence-corrected chi connectivity index (χ3v) is 5.63. The predicted octanol–water partition coefficient (Wildman–Crippen LogP) is 7.07. The van der Waals surface area contributed by atoms with Crippen molar-refractivity contribution in [2.24, 2.45) is 0 Å². The Kier molecular flexibility index (Phi) is 8.63. The maximum absolute atomic E-state index is 3.94. The van der Waals surface area contributed by atoms with Crippen molar-refractivity contribution >= 4 is 0 Å². The molecule has 1 nitrogen and oxygen atoms in total. The number of hydrogen-bond donors (Lipinski definition) is 0. The summed E-state index contributed by atoms with van der Waals surface area (Å²) in [5.74, 6) is 0. The molecule has 0 heterocycles. The summed E-state index contributed by atoms with van der Waals surface area (Å²) in [6.07, 6.45) is 8.64. The van der Waals surface area contributed by atoms with Crippen LogP contribution in [-0.4, -0.2) is 4.90 Å². The van der Waals surface area contributed by atoms with E-state index in [0.717, 1.165) is 38.9 Å². The van der Waals surface area contributed by atoms with Crippen LogP contribution >= 0.6 is 0 Å². The van der Waals surface area contributed by atoms with Crippen molar-refractivity contribution in [1.82, 2.24) is 4.90 Å². The highest BCUT2D eigenvalue weighted by atomic mass is 15.1. The van der Waals surface area contributed by atoms with Gasteiger partial charge in [0.15, 0.2) is 0 Å². The Morgan fingerprint density at radius 2 is 0.710 bits per heavy atom. The maximum Gasteiger partial charge on any atom is 0.0243 e. The molecule has 0 fully saturated rings. The summed E-state index contributed by atoms with van der Waals surface area (Å²) in [5.41, 5.74) is 8.14. The van der Waals surface area contributed by atoms with E-state index in [1.807, 2.05) is 18.2 Å². The topological polar surface area (TPSA) is 3.24 Å². The molecule has 0 N–H and O–H groups in total. The lowest BCUT2D eigenvalue weighted by Crippen LogP contribution is -2.24.